The molecule has 0 fully saturated rings. The third-order valence-corrected chi connectivity index (χ3v) is 3.82. The van der Waals surface area contributed by atoms with E-state index >= 15 is 0 Å². The number of rotatable bonds is 10. The molecule has 17 heavy (non-hydrogen) atoms. The first-order valence-corrected chi connectivity index (χ1v) is 7.07. The lowest BCUT2D eigenvalue weighted by Gasteiger charge is -2.37. The smallest absolute Gasteiger partial charge is 0.0431 e. The third kappa shape index (κ3) is 6.26. The van der Waals surface area contributed by atoms with Gasteiger partial charge in [0.2, 0.25) is 0 Å². The van der Waals surface area contributed by atoms with Crippen LogP contribution in [0.1, 0.15) is 66.2 Å². The Labute approximate surface area is 108 Å². The molecule has 0 aromatic heterocycles. The minimum atomic E-state index is 0.320. The van der Waals surface area contributed by atoms with Crippen LogP contribution in [0.5, 0.6) is 0 Å². The van der Waals surface area contributed by atoms with Crippen molar-refractivity contribution in [3.8, 4) is 0 Å². The van der Waals surface area contributed by atoms with Crippen molar-refractivity contribution in [1.29, 1.82) is 0 Å². The van der Waals surface area contributed by atoms with Gasteiger partial charge in [0.25, 0.3) is 0 Å². The van der Waals surface area contributed by atoms with E-state index in [9.17, 15) is 0 Å². The van der Waals surface area contributed by atoms with Crippen LogP contribution in [-0.2, 0) is 0 Å². The van der Waals surface area contributed by atoms with Crippen molar-refractivity contribution in [2.45, 2.75) is 66.2 Å². The second kappa shape index (κ2) is 8.74. The molecular weight excluding hydrogens is 208 g/mol. The van der Waals surface area contributed by atoms with Gasteiger partial charge < -0.3 is 5.11 Å². The van der Waals surface area contributed by atoms with Gasteiger partial charge in [-0.05, 0) is 42.9 Å². The number of hydrogen-bond acceptors (Lipinski definition) is 1. The maximum atomic E-state index is 8.90. The van der Waals surface area contributed by atoms with Crippen LogP contribution in [0, 0.1) is 17.3 Å². The van der Waals surface area contributed by atoms with Gasteiger partial charge in [0.15, 0.2) is 0 Å². The van der Waals surface area contributed by atoms with Crippen LogP contribution in [0.25, 0.3) is 0 Å². The molecule has 1 nitrogen and oxygen atoms in total. The Morgan fingerprint density at radius 3 is 2.41 bits per heavy atom. The molecule has 0 aromatic carbocycles. The predicted molar refractivity (Wildman–Crippen MR) is 76.8 cm³/mol. The molecule has 0 saturated carbocycles. The molecule has 0 aliphatic rings. The molecule has 0 spiro atoms. The van der Waals surface area contributed by atoms with E-state index in [2.05, 4.69) is 34.3 Å². The van der Waals surface area contributed by atoms with Crippen LogP contribution < -0.4 is 0 Å². The first-order valence-electron chi connectivity index (χ1n) is 7.07. The van der Waals surface area contributed by atoms with Crippen LogP contribution >= 0.6 is 0 Å². The van der Waals surface area contributed by atoms with E-state index in [1.807, 2.05) is 6.08 Å². The fourth-order valence-electron chi connectivity index (χ4n) is 2.47. The second-order valence-corrected chi connectivity index (χ2v) is 5.79. The lowest BCUT2D eigenvalue weighted by Crippen LogP contribution is -2.26. The summed E-state index contributed by atoms with van der Waals surface area (Å²) in [4.78, 5) is 0. The number of aliphatic hydroxyl groups is 1. The number of hydrogen-bond donors (Lipinski definition) is 1. The summed E-state index contributed by atoms with van der Waals surface area (Å²) in [5, 5.41) is 8.90. The minimum absolute atomic E-state index is 0.320. The molecule has 0 aliphatic carbocycles. The van der Waals surface area contributed by atoms with Gasteiger partial charge in [0.1, 0.15) is 0 Å². The summed E-state index contributed by atoms with van der Waals surface area (Å²) in [7, 11) is 0. The highest BCUT2D eigenvalue weighted by atomic mass is 16.2. The first kappa shape index (κ1) is 16.7. The molecule has 0 rings (SSSR count). The summed E-state index contributed by atoms with van der Waals surface area (Å²) in [6.45, 7) is 13.4. The summed E-state index contributed by atoms with van der Waals surface area (Å²) >= 11 is 0. The highest BCUT2D eigenvalue weighted by molar-refractivity contribution is 5.08. The van der Waals surface area contributed by atoms with Gasteiger partial charge in [0, 0.05) is 6.61 Å². The zero-order chi connectivity index (χ0) is 13.3. The third-order valence-electron chi connectivity index (χ3n) is 3.82. The van der Waals surface area contributed by atoms with E-state index in [1.54, 1.807) is 5.92 Å². The molecule has 1 heteroatoms. The summed E-state index contributed by atoms with van der Waals surface area (Å²) in [6.07, 6.45) is 8.72. The van der Waals surface area contributed by atoms with Crippen molar-refractivity contribution in [2.75, 3.05) is 6.61 Å². The van der Waals surface area contributed by atoms with E-state index in [4.69, 9.17) is 5.11 Å². The van der Waals surface area contributed by atoms with Crippen LogP contribution in [0.3, 0.4) is 0 Å². The largest absolute Gasteiger partial charge is 0.396 e. The maximum absolute atomic E-state index is 8.90. The zero-order valence-corrected chi connectivity index (χ0v) is 12.3. The van der Waals surface area contributed by atoms with Crippen molar-refractivity contribution < 1.29 is 5.11 Å². The van der Waals surface area contributed by atoms with Gasteiger partial charge in [0.05, 0.1) is 0 Å². The Balaban J connectivity index is 4.53. The second-order valence-electron chi connectivity index (χ2n) is 5.79. The van der Waals surface area contributed by atoms with E-state index < -0.39 is 0 Å². The number of aliphatic hydroxyl groups excluding tert-OH is 1. The number of allylic oxidation sites excluding steroid dienone is 1. The molecule has 1 radical (unpaired) electrons. The van der Waals surface area contributed by atoms with Gasteiger partial charge in [-0.3, -0.25) is 0 Å². The quantitative estimate of drug-likeness (QED) is 0.430. The van der Waals surface area contributed by atoms with Crippen molar-refractivity contribution in [2.24, 2.45) is 11.3 Å². The average molecular weight is 239 g/mol. The van der Waals surface area contributed by atoms with Gasteiger partial charge in [-0.15, -0.1) is 6.58 Å². The van der Waals surface area contributed by atoms with Crippen LogP contribution in [-0.4, -0.2) is 11.7 Å². The van der Waals surface area contributed by atoms with E-state index in [0.717, 1.165) is 19.3 Å². The van der Waals surface area contributed by atoms with Crippen LogP contribution in [0.2, 0.25) is 0 Å². The predicted octanol–water partition coefficient (Wildman–Crippen LogP) is 4.76. The standard InChI is InChI=1S/C16H31O/c1-6-10-15(13-14(3)4)16(5,7-2)11-8-9-12-17/h6,14,17H,1,7-13H2,2-5H3. The SMILES string of the molecule is C=CC[C](CC(C)C)C(C)(CC)CCCCO. The first-order chi connectivity index (χ1) is 8.00. The maximum Gasteiger partial charge on any atom is 0.0431 e. The molecule has 1 atom stereocenters. The number of unbranched alkanes of at least 4 members (excludes halogenated alkanes) is 1. The molecule has 1 unspecified atom stereocenters. The van der Waals surface area contributed by atoms with Crippen molar-refractivity contribution in [3.05, 3.63) is 18.6 Å². The molecule has 0 aliphatic heterocycles. The summed E-state index contributed by atoms with van der Waals surface area (Å²) < 4.78 is 0. The Hall–Kier alpha value is -0.300. The normalized spacial score (nSPS) is 15.2. The highest BCUT2D eigenvalue weighted by Crippen LogP contribution is 2.43. The van der Waals surface area contributed by atoms with Crippen LogP contribution in [0.4, 0.5) is 0 Å². The highest BCUT2D eigenvalue weighted by Gasteiger charge is 2.31. The summed E-state index contributed by atoms with van der Waals surface area (Å²) in [5.74, 6) is 2.36. The Bertz CT molecular complexity index is 198. The van der Waals surface area contributed by atoms with Gasteiger partial charge in [-0.2, -0.15) is 0 Å². The molecule has 0 aromatic rings. The molecule has 0 bridgehead atoms. The van der Waals surface area contributed by atoms with Crippen molar-refractivity contribution >= 4 is 0 Å². The lowest BCUT2D eigenvalue weighted by molar-refractivity contribution is 0.236. The van der Waals surface area contributed by atoms with E-state index in [-0.39, 0.29) is 0 Å². The van der Waals surface area contributed by atoms with Gasteiger partial charge >= 0.3 is 0 Å². The Morgan fingerprint density at radius 1 is 1.35 bits per heavy atom. The van der Waals surface area contributed by atoms with Gasteiger partial charge in [-0.25, -0.2) is 0 Å². The topological polar surface area (TPSA) is 20.2 Å². The van der Waals surface area contributed by atoms with Crippen molar-refractivity contribution in [3.63, 3.8) is 0 Å². The molecule has 0 amide bonds. The lowest BCUT2D eigenvalue weighted by atomic mass is 9.67. The summed E-state index contributed by atoms with van der Waals surface area (Å²) in [6, 6.07) is 0. The van der Waals surface area contributed by atoms with E-state index in [1.165, 1.54) is 19.3 Å². The van der Waals surface area contributed by atoms with Crippen molar-refractivity contribution in [1.82, 2.24) is 0 Å². The molecule has 1 N–H and O–H groups in total. The van der Waals surface area contributed by atoms with Gasteiger partial charge in [-0.1, -0.05) is 46.6 Å². The monoisotopic (exact) mass is 239 g/mol. The molecule has 0 heterocycles. The summed E-state index contributed by atoms with van der Waals surface area (Å²) in [5.41, 5.74) is 0.327. The Morgan fingerprint density at radius 2 is 2.00 bits per heavy atom. The fraction of sp³-hybridized carbons (Fsp3) is 0.812. The molecule has 101 valence electrons. The van der Waals surface area contributed by atoms with E-state index in [0.29, 0.717) is 17.9 Å². The van der Waals surface area contributed by atoms with Crippen LogP contribution in [0.15, 0.2) is 12.7 Å². The minimum Gasteiger partial charge on any atom is -0.396 e. The fourth-order valence-corrected chi connectivity index (χ4v) is 2.47. The Kier molecular flexibility index (Phi) is 8.59. The zero-order valence-electron chi connectivity index (χ0n) is 12.3. The molecular formula is C16H31O. The molecule has 0 saturated heterocycles. The average Bonchev–Trinajstić information content (AvgIpc) is 2.28.